The molecular formula is C14H19FN2O2. The third-order valence-corrected chi connectivity index (χ3v) is 3.51. The van der Waals surface area contributed by atoms with Crippen molar-refractivity contribution >= 4 is 11.6 Å². The Morgan fingerprint density at radius 1 is 1.47 bits per heavy atom. The smallest absolute Gasteiger partial charge is 0.242 e. The van der Waals surface area contributed by atoms with E-state index in [1.54, 1.807) is 13.1 Å². The van der Waals surface area contributed by atoms with Crippen LogP contribution in [0.25, 0.3) is 0 Å². The molecule has 2 rings (SSSR count). The van der Waals surface area contributed by atoms with Crippen molar-refractivity contribution in [1.82, 2.24) is 5.32 Å². The Bertz CT molecular complexity index is 465. The third kappa shape index (κ3) is 3.04. The number of benzene rings is 1. The summed E-state index contributed by atoms with van der Waals surface area (Å²) >= 11 is 0. The van der Waals surface area contributed by atoms with Crippen molar-refractivity contribution in [3.8, 4) is 0 Å². The van der Waals surface area contributed by atoms with E-state index >= 15 is 0 Å². The summed E-state index contributed by atoms with van der Waals surface area (Å²) in [4.78, 5) is 13.8. The van der Waals surface area contributed by atoms with Gasteiger partial charge in [-0.15, -0.1) is 0 Å². The molecule has 0 bridgehead atoms. The van der Waals surface area contributed by atoms with Gasteiger partial charge in [0.05, 0.1) is 6.61 Å². The summed E-state index contributed by atoms with van der Waals surface area (Å²) in [5, 5.41) is 11.8. The molecule has 1 aliphatic heterocycles. The topological polar surface area (TPSA) is 52.6 Å². The van der Waals surface area contributed by atoms with Gasteiger partial charge in [0.1, 0.15) is 11.9 Å². The number of likely N-dealkylation sites (N-methyl/N-ethyl adjacent to an activating group) is 1. The van der Waals surface area contributed by atoms with Gasteiger partial charge in [0.2, 0.25) is 5.91 Å². The quantitative estimate of drug-likeness (QED) is 0.870. The molecule has 1 aromatic carbocycles. The number of halogens is 1. The number of hydrogen-bond donors (Lipinski definition) is 2. The summed E-state index contributed by atoms with van der Waals surface area (Å²) in [6, 6.07) is 4.21. The van der Waals surface area contributed by atoms with Gasteiger partial charge in [0, 0.05) is 19.3 Å². The predicted molar refractivity (Wildman–Crippen MR) is 71.4 cm³/mol. The van der Waals surface area contributed by atoms with Crippen molar-refractivity contribution in [1.29, 1.82) is 0 Å². The van der Waals surface area contributed by atoms with Crippen molar-refractivity contribution in [3.63, 3.8) is 0 Å². The summed E-state index contributed by atoms with van der Waals surface area (Å²) in [6.45, 7) is 0.523. The van der Waals surface area contributed by atoms with Gasteiger partial charge in [-0.1, -0.05) is 0 Å². The summed E-state index contributed by atoms with van der Waals surface area (Å²) < 4.78 is 13.5. The number of piperidine rings is 1. The average Bonchev–Trinajstić information content (AvgIpc) is 2.45. The Morgan fingerprint density at radius 2 is 2.26 bits per heavy atom. The number of aliphatic hydroxyl groups excluding tert-OH is 1. The lowest BCUT2D eigenvalue weighted by atomic mass is 10.00. The van der Waals surface area contributed by atoms with Crippen LogP contribution in [-0.4, -0.2) is 30.6 Å². The van der Waals surface area contributed by atoms with Crippen LogP contribution in [0.15, 0.2) is 18.2 Å². The minimum Gasteiger partial charge on any atom is -0.392 e. The van der Waals surface area contributed by atoms with Gasteiger partial charge in [0.15, 0.2) is 0 Å². The first-order valence-electron chi connectivity index (χ1n) is 6.54. The first-order chi connectivity index (χ1) is 9.15. The van der Waals surface area contributed by atoms with Gasteiger partial charge >= 0.3 is 0 Å². The fourth-order valence-electron chi connectivity index (χ4n) is 2.57. The van der Waals surface area contributed by atoms with Crippen LogP contribution in [0.1, 0.15) is 24.8 Å². The van der Waals surface area contributed by atoms with Crippen LogP contribution >= 0.6 is 0 Å². The monoisotopic (exact) mass is 266 g/mol. The number of nitrogens with one attached hydrogen (secondary N) is 1. The second kappa shape index (κ2) is 6.02. The van der Waals surface area contributed by atoms with Crippen LogP contribution in [0.5, 0.6) is 0 Å². The Hall–Kier alpha value is -1.62. The van der Waals surface area contributed by atoms with Crippen LogP contribution in [0.2, 0.25) is 0 Å². The van der Waals surface area contributed by atoms with Crippen molar-refractivity contribution < 1.29 is 14.3 Å². The van der Waals surface area contributed by atoms with Crippen molar-refractivity contribution in [2.75, 3.05) is 18.5 Å². The maximum absolute atomic E-state index is 13.5. The highest BCUT2D eigenvalue weighted by Crippen LogP contribution is 2.26. The zero-order valence-electron chi connectivity index (χ0n) is 11.0. The molecule has 0 spiro atoms. The van der Waals surface area contributed by atoms with E-state index < -0.39 is 0 Å². The fourth-order valence-corrected chi connectivity index (χ4v) is 2.57. The molecule has 2 N–H and O–H groups in total. The van der Waals surface area contributed by atoms with Crippen LogP contribution in [0.4, 0.5) is 10.1 Å². The molecule has 1 aliphatic rings. The molecule has 4 nitrogen and oxygen atoms in total. The normalized spacial score (nSPS) is 19.3. The minimum atomic E-state index is -0.386. The first-order valence-corrected chi connectivity index (χ1v) is 6.54. The lowest BCUT2D eigenvalue weighted by Gasteiger charge is -2.36. The summed E-state index contributed by atoms with van der Waals surface area (Å²) in [5.74, 6) is -0.433. The van der Waals surface area contributed by atoms with E-state index in [0.717, 1.165) is 25.8 Å². The molecule has 1 fully saturated rings. The van der Waals surface area contributed by atoms with Gasteiger partial charge in [-0.2, -0.15) is 0 Å². The lowest BCUT2D eigenvalue weighted by molar-refractivity contribution is -0.122. The molecule has 104 valence electrons. The average molecular weight is 266 g/mol. The van der Waals surface area contributed by atoms with Crippen LogP contribution < -0.4 is 10.2 Å². The van der Waals surface area contributed by atoms with Gasteiger partial charge in [0.25, 0.3) is 0 Å². The van der Waals surface area contributed by atoms with Gasteiger partial charge in [-0.3, -0.25) is 4.79 Å². The summed E-state index contributed by atoms with van der Waals surface area (Å²) in [6.07, 6.45) is 2.75. The molecule has 0 radical (unpaired) electrons. The van der Waals surface area contributed by atoms with E-state index in [0.29, 0.717) is 11.3 Å². The maximum atomic E-state index is 13.5. The molecule has 1 atom stereocenters. The Kier molecular flexibility index (Phi) is 4.37. The first kappa shape index (κ1) is 13.8. The minimum absolute atomic E-state index is 0.0468. The van der Waals surface area contributed by atoms with E-state index in [9.17, 15) is 9.18 Å². The van der Waals surface area contributed by atoms with Crippen LogP contribution in [-0.2, 0) is 11.4 Å². The molecule has 0 aromatic heterocycles. The molecule has 1 heterocycles. The van der Waals surface area contributed by atoms with Crippen LogP contribution in [0, 0.1) is 5.82 Å². The largest absolute Gasteiger partial charge is 0.392 e. The molecule has 1 aromatic rings. The number of anilines is 1. The highest BCUT2D eigenvalue weighted by Gasteiger charge is 2.28. The van der Waals surface area contributed by atoms with E-state index in [-0.39, 0.29) is 24.4 Å². The predicted octanol–water partition coefficient (Wildman–Crippen LogP) is 1.42. The Labute approximate surface area is 112 Å². The van der Waals surface area contributed by atoms with Crippen molar-refractivity contribution in [3.05, 3.63) is 29.6 Å². The molecular weight excluding hydrogens is 247 g/mol. The molecule has 19 heavy (non-hydrogen) atoms. The number of nitrogens with zero attached hydrogens (tertiary/aromatic N) is 1. The molecule has 0 aliphatic carbocycles. The zero-order valence-corrected chi connectivity index (χ0v) is 11.0. The second-order valence-electron chi connectivity index (χ2n) is 4.80. The summed E-state index contributed by atoms with van der Waals surface area (Å²) in [7, 11) is 1.61. The van der Waals surface area contributed by atoms with Gasteiger partial charge in [-0.25, -0.2) is 4.39 Å². The van der Waals surface area contributed by atoms with E-state index in [1.807, 2.05) is 4.90 Å². The molecule has 5 heteroatoms. The highest BCUT2D eigenvalue weighted by molar-refractivity contribution is 5.85. The Balaban J connectivity index is 2.31. The van der Waals surface area contributed by atoms with E-state index in [2.05, 4.69) is 5.32 Å². The number of carbonyl (C=O) groups excluding carboxylic acids is 1. The molecule has 1 amide bonds. The van der Waals surface area contributed by atoms with E-state index in [4.69, 9.17) is 5.11 Å². The fraction of sp³-hybridized carbons (Fsp3) is 0.500. The zero-order chi connectivity index (χ0) is 13.8. The van der Waals surface area contributed by atoms with E-state index in [1.165, 1.54) is 12.1 Å². The number of rotatable bonds is 3. The maximum Gasteiger partial charge on any atom is 0.242 e. The highest BCUT2D eigenvalue weighted by atomic mass is 19.1. The molecule has 1 saturated heterocycles. The number of carbonyl (C=O) groups is 1. The standard InChI is InChI=1S/C14H19FN2O2/c1-16-14(19)13-4-2-3-5-17(13)12-7-10(9-18)6-11(15)8-12/h6-8,13,18H,2-5,9H2,1H3,(H,16,19). The van der Waals surface area contributed by atoms with Crippen LogP contribution in [0.3, 0.4) is 0 Å². The van der Waals surface area contributed by atoms with Crippen molar-refractivity contribution in [2.45, 2.75) is 31.9 Å². The summed E-state index contributed by atoms with van der Waals surface area (Å²) in [5.41, 5.74) is 1.19. The number of amides is 1. The van der Waals surface area contributed by atoms with Gasteiger partial charge < -0.3 is 15.3 Å². The lowest BCUT2D eigenvalue weighted by Crippen LogP contribution is -2.48. The molecule has 0 saturated carbocycles. The number of hydrogen-bond acceptors (Lipinski definition) is 3. The SMILES string of the molecule is CNC(=O)C1CCCCN1c1cc(F)cc(CO)c1. The van der Waals surface area contributed by atoms with Crippen molar-refractivity contribution in [2.24, 2.45) is 0 Å². The Morgan fingerprint density at radius 3 is 2.95 bits per heavy atom. The number of aliphatic hydroxyl groups is 1. The second-order valence-corrected chi connectivity index (χ2v) is 4.80. The third-order valence-electron chi connectivity index (χ3n) is 3.51. The van der Waals surface area contributed by atoms with Gasteiger partial charge in [-0.05, 0) is 43.0 Å². The molecule has 1 unspecified atom stereocenters.